The molecule has 0 unspecified atom stereocenters. The molecule has 0 bridgehead atoms. The Kier molecular flexibility index (Phi) is 7.69. The number of methoxy groups -OCH3 is 1. The number of aromatic amines is 1. The minimum atomic E-state index is -0.389. The van der Waals surface area contributed by atoms with Gasteiger partial charge in [-0.05, 0) is 57.6 Å². The quantitative estimate of drug-likeness (QED) is 0.632. The topological polar surface area (TPSA) is 107 Å². The number of pyridine rings is 1. The first-order valence-electron chi connectivity index (χ1n) is 12.0. The summed E-state index contributed by atoms with van der Waals surface area (Å²) in [5.41, 5.74) is 1.64. The van der Waals surface area contributed by atoms with E-state index in [1.54, 1.807) is 26.0 Å². The van der Waals surface area contributed by atoms with Gasteiger partial charge in [0, 0.05) is 29.7 Å². The third kappa shape index (κ3) is 5.48. The number of aromatic nitrogens is 1. The Balaban J connectivity index is 1.59. The zero-order valence-corrected chi connectivity index (χ0v) is 21.0. The van der Waals surface area contributed by atoms with Crippen molar-refractivity contribution < 1.29 is 23.8 Å². The number of carbonyl (C=O) groups is 2. The second-order valence-electron chi connectivity index (χ2n) is 9.22. The third-order valence-electron chi connectivity index (χ3n) is 6.82. The average molecular weight is 503 g/mol. The van der Waals surface area contributed by atoms with E-state index in [-0.39, 0.29) is 30.0 Å². The fourth-order valence-electron chi connectivity index (χ4n) is 4.85. The minimum Gasteiger partial charge on any atom is -0.496 e. The molecule has 2 N–H and O–H groups in total. The second kappa shape index (κ2) is 10.7. The highest BCUT2D eigenvalue weighted by Crippen LogP contribution is 2.43. The molecule has 0 saturated heterocycles. The van der Waals surface area contributed by atoms with Gasteiger partial charge in [0.15, 0.2) is 11.5 Å². The van der Waals surface area contributed by atoms with Crippen molar-refractivity contribution in [3.63, 3.8) is 0 Å². The fraction of sp³-hybridized carbons (Fsp3) is 0.500. The van der Waals surface area contributed by atoms with Crippen molar-refractivity contribution in [2.24, 2.45) is 5.92 Å². The number of amides is 1. The number of halogens is 1. The molecule has 1 aliphatic heterocycles. The molecular formula is C26H31ClN2O6. The zero-order valence-electron chi connectivity index (χ0n) is 20.3. The Morgan fingerprint density at radius 3 is 2.63 bits per heavy atom. The first-order valence-corrected chi connectivity index (χ1v) is 12.4. The predicted octanol–water partition coefficient (Wildman–Crippen LogP) is 4.26. The number of aryl methyl sites for hydroxylation is 1. The van der Waals surface area contributed by atoms with Crippen LogP contribution in [0, 0.1) is 19.8 Å². The van der Waals surface area contributed by atoms with Crippen LogP contribution in [0.5, 0.6) is 17.2 Å². The summed E-state index contributed by atoms with van der Waals surface area (Å²) < 4.78 is 17.7. The van der Waals surface area contributed by atoms with Gasteiger partial charge in [-0.25, -0.2) is 0 Å². The minimum absolute atomic E-state index is 0.0121. The molecule has 1 amide bonds. The molecule has 2 aromatic rings. The van der Waals surface area contributed by atoms with Gasteiger partial charge >= 0.3 is 0 Å². The maximum Gasteiger partial charge on any atom is 0.256 e. The molecular weight excluding hydrogens is 472 g/mol. The fourth-order valence-corrected chi connectivity index (χ4v) is 5.10. The summed E-state index contributed by atoms with van der Waals surface area (Å²) in [6.45, 7) is 4.05. The van der Waals surface area contributed by atoms with Gasteiger partial charge in [0.1, 0.15) is 17.6 Å². The Morgan fingerprint density at radius 2 is 1.91 bits per heavy atom. The molecule has 1 aromatic carbocycles. The predicted molar refractivity (Wildman–Crippen MR) is 132 cm³/mol. The number of ketones is 1. The van der Waals surface area contributed by atoms with Gasteiger partial charge in [0.25, 0.3) is 11.5 Å². The third-order valence-corrected chi connectivity index (χ3v) is 7.10. The second-order valence-corrected chi connectivity index (χ2v) is 9.63. The lowest BCUT2D eigenvalue weighted by Gasteiger charge is -2.33. The number of rotatable bonds is 5. The van der Waals surface area contributed by atoms with Gasteiger partial charge in [-0.15, -0.1) is 0 Å². The summed E-state index contributed by atoms with van der Waals surface area (Å²) in [5.74, 6) is 1.50. The van der Waals surface area contributed by atoms with E-state index >= 15 is 0 Å². The van der Waals surface area contributed by atoms with E-state index in [1.807, 2.05) is 0 Å². The lowest BCUT2D eigenvalue weighted by molar-refractivity contribution is -0.121. The Labute approximate surface area is 209 Å². The van der Waals surface area contributed by atoms with Crippen molar-refractivity contribution in [2.75, 3.05) is 13.7 Å². The molecule has 2 aliphatic rings. The molecule has 2 heterocycles. The zero-order chi connectivity index (χ0) is 25.1. The van der Waals surface area contributed by atoms with Gasteiger partial charge in [0.2, 0.25) is 0 Å². The molecule has 9 heteroatoms. The Bertz CT molecular complexity index is 1180. The van der Waals surface area contributed by atoms with Gasteiger partial charge in [-0.1, -0.05) is 11.6 Å². The van der Waals surface area contributed by atoms with Gasteiger partial charge < -0.3 is 24.5 Å². The van der Waals surface area contributed by atoms with Crippen LogP contribution in [-0.4, -0.2) is 36.5 Å². The van der Waals surface area contributed by atoms with Crippen molar-refractivity contribution in [3.05, 3.63) is 49.9 Å². The smallest absolute Gasteiger partial charge is 0.256 e. The lowest BCUT2D eigenvalue weighted by Crippen LogP contribution is -2.33. The van der Waals surface area contributed by atoms with Crippen molar-refractivity contribution in [3.8, 4) is 17.2 Å². The van der Waals surface area contributed by atoms with Crippen LogP contribution in [0.2, 0.25) is 5.02 Å². The van der Waals surface area contributed by atoms with E-state index in [1.165, 1.54) is 7.11 Å². The van der Waals surface area contributed by atoms with E-state index in [9.17, 15) is 14.4 Å². The van der Waals surface area contributed by atoms with E-state index in [4.69, 9.17) is 25.8 Å². The number of hydrogen-bond donors (Lipinski definition) is 2. The molecule has 0 spiro atoms. The molecule has 1 aliphatic carbocycles. The number of H-pyrrole nitrogens is 1. The number of Topliss-reactive ketones (excluding diaryl/α,β-unsaturated/α-hetero) is 1. The number of ether oxygens (including phenoxy) is 3. The highest BCUT2D eigenvalue weighted by Gasteiger charge is 2.32. The normalized spacial score (nSPS) is 18.5. The molecule has 0 radical (unpaired) electrons. The summed E-state index contributed by atoms with van der Waals surface area (Å²) in [4.78, 5) is 40.0. The molecule has 1 saturated carbocycles. The molecule has 8 nitrogen and oxygen atoms in total. The maximum absolute atomic E-state index is 13.2. The monoisotopic (exact) mass is 502 g/mol. The molecule has 1 aromatic heterocycles. The first kappa shape index (κ1) is 25.1. The lowest BCUT2D eigenvalue weighted by atomic mass is 9.83. The molecule has 1 fully saturated rings. The van der Waals surface area contributed by atoms with Gasteiger partial charge in [0.05, 0.1) is 30.8 Å². The van der Waals surface area contributed by atoms with E-state index < -0.39 is 0 Å². The summed E-state index contributed by atoms with van der Waals surface area (Å²) in [5, 5.41) is 3.09. The summed E-state index contributed by atoms with van der Waals surface area (Å²) in [6, 6.07) is 3.28. The van der Waals surface area contributed by atoms with Crippen LogP contribution >= 0.6 is 11.6 Å². The molecule has 4 rings (SSSR count). The number of fused-ring (bicyclic) bond motifs is 1. The Hall–Kier alpha value is -3.00. The van der Waals surface area contributed by atoms with E-state index in [0.717, 1.165) is 25.7 Å². The highest BCUT2D eigenvalue weighted by molar-refractivity contribution is 6.32. The van der Waals surface area contributed by atoms with Crippen LogP contribution < -0.4 is 25.1 Å². The summed E-state index contributed by atoms with van der Waals surface area (Å²) in [6.07, 6.45) is 4.32. The van der Waals surface area contributed by atoms with Gasteiger partial charge in [-0.2, -0.15) is 0 Å². The van der Waals surface area contributed by atoms with Crippen LogP contribution in [0.1, 0.15) is 65.7 Å². The average Bonchev–Trinajstić information content (AvgIpc) is 2.81. The number of benzene rings is 1. The number of carbonyl (C=O) groups excluding carboxylic acids is 2. The summed E-state index contributed by atoms with van der Waals surface area (Å²) in [7, 11) is 1.48. The van der Waals surface area contributed by atoms with E-state index in [2.05, 4.69) is 10.3 Å². The highest BCUT2D eigenvalue weighted by atomic mass is 35.5. The number of nitrogens with one attached hydrogen (secondary N) is 2. The van der Waals surface area contributed by atoms with Crippen LogP contribution in [0.15, 0.2) is 16.9 Å². The number of hydrogen-bond acceptors (Lipinski definition) is 6. The van der Waals surface area contributed by atoms with Gasteiger partial charge in [-0.3, -0.25) is 14.4 Å². The van der Waals surface area contributed by atoms with Crippen molar-refractivity contribution >= 4 is 23.3 Å². The van der Waals surface area contributed by atoms with Crippen LogP contribution in [0.25, 0.3) is 0 Å². The maximum atomic E-state index is 13.2. The standard InChI is InChI=1S/C26H31ClN2O6/c1-14-11-22(33-3)19(26(32)29-14)13-28-25(31)18-12-20(27)24-23(15(18)2)35-21(5-4-10-34-24)16-6-8-17(30)9-7-16/h11-12,16,21H,4-10,13H2,1-3H3,(H,28,31)(H,29,32)/t21-/m1/s1. The largest absolute Gasteiger partial charge is 0.496 e. The van der Waals surface area contributed by atoms with Crippen molar-refractivity contribution in [1.29, 1.82) is 0 Å². The molecule has 1 atom stereocenters. The van der Waals surface area contributed by atoms with Crippen molar-refractivity contribution in [2.45, 2.75) is 65.0 Å². The molecule has 188 valence electrons. The van der Waals surface area contributed by atoms with E-state index in [0.29, 0.717) is 69.9 Å². The van der Waals surface area contributed by atoms with Crippen LogP contribution in [0.3, 0.4) is 0 Å². The Morgan fingerprint density at radius 1 is 1.17 bits per heavy atom. The first-order chi connectivity index (χ1) is 16.8. The van der Waals surface area contributed by atoms with Crippen molar-refractivity contribution in [1.82, 2.24) is 10.3 Å². The van der Waals surface area contributed by atoms with Crippen LogP contribution in [0.4, 0.5) is 0 Å². The van der Waals surface area contributed by atoms with Crippen LogP contribution in [-0.2, 0) is 11.3 Å². The SMILES string of the molecule is COc1cc(C)[nH]c(=O)c1CNC(=O)c1cc(Cl)c2c(c1C)O[C@@H](C1CCC(=O)CC1)CCCO2. The molecule has 35 heavy (non-hydrogen) atoms. The summed E-state index contributed by atoms with van der Waals surface area (Å²) >= 11 is 6.54.